The highest BCUT2D eigenvalue weighted by atomic mass is 32.1. The van der Waals surface area contributed by atoms with Crippen LogP contribution in [0.2, 0.25) is 0 Å². The SMILES string of the molecule is C=CCn1c(-c2ccc(-c3ccccc3)cc2)csc1=Nc1ccc(-c2nnc3n2CCCCC3)cc1. The van der Waals surface area contributed by atoms with Gasteiger partial charge in [0.15, 0.2) is 10.6 Å². The van der Waals surface area contributed by atoms with E-state index < -0.39 is 0 Å². The molecular weight excluding hydrogens is 474 g/mol. The van der Waals surface area contributed by atoms with Crippen molar-refractivity contribution in [2.75, 3.05) is 0 Å². The molecule has 0 spiro atoms. The predicted molar refractivity (Wildman–Crippen MR) is 152 cm³/mol. The van der Waals surface area contributed by atoms with E-state index in [9.17, 15) is 0 Å². The van der Waals surface area contributed by atoms with Crippen molar-refractivity contribution in [2.24, 2.45) is 4.99 Å². The molecule has 184 valence electrons. The number of rotatable bonds is 6. The zero-order valence-electron chi connectivity index (χ0n) is 20.8. The molecule has 0 aliphatic carbocycles. The summed E-state index contributed by atoms with van der Waals surface area (Å²) in [5.41, 5.74) is 6.76. The molecule has 0 atom stereocenters. The van der Waals surface area contributed by atoms with E-state index >= 15 is 0 Å². The second-order valence-corrected chi connectivity index (χ2v) is 10.1. The van der Waals surface area contributed by atoms with Crippen molar-refractivity contribution in [3.63, 3.8) is 0 Å². The molecular formula is C31H29N5S. The Morgan fingerprint density at radius 2 is 1.54 bits per heavy atom. The molecule has 37 heavy (non-hydrogen) atoms. The maximum absolute atomic E-state index is 4.99. The number of hydrogen-bond acceptors (Lipinski definition) is 4. The molecule has 6 heteroatoms. The fraction of sp³-hybridized carbons (Fsp3) is 0.194. The van der Waals surface area contributed by atoms with Gasteiger partial charge in [-0.3, -0.25) is 0 Å². The van der Waals surface area contributed by atoms with E-state index in [2.05, 4.69) is 104 Å². The Morgan fingerprint density at radius 3 is 2.32 bits per heavy atom. The van der Waals surface area contributed by atoms with E-state index in [-0.39, 0.29) is 0 Å². The molecule has 6 rings (SSSR count). The van der Waals surface area contributed by atoms with Crippen LogP contribution in [-0.4, -0.2) is 19.3 Å². The van der Waals surface area contributed by atoms with Crippen LogP contribution in [0.1, 0.15) is 25.1 Å². The Bertz CT molecular complexity index is 1570. The lowest BCUT2D eigenvalue weighted by Gasteiger charge is -2.08. The van der Waals surface area contributed by atoms with Crippen molar-refractivity contribution in [1.29, 1.82) is 0 Å². The summed E-state index contributed by atoms with van der Waals surface area (Å²) >= 11 is 1.65. The van der Waals surface area contributed by atoms with Gasteiger partial charge in [0.05, 0.1) is 11.4 Å². The molecule has 1 aliphatic rings. The van der Waals surface area contributed by atoms with E-state index in [4.69, 9.17) is 4.99 Å². The Labute approximate surface area is 221 Å². The highest BCUT2D eigenvalue weighted by Crippen LogP contribution is 2.27. The molecule has 0 unspecified atom stereocenters. The van der Waals surface area contributed by atoms with Crippen LogP contribution in [-0.2, 0) is 19.5 Å². The summed E-state index contributed by atoms with van der Waals surface area (Å²) in [5, 5.41) is 11.1. The average molecular weight is 504 g/mol. The summed E-state index contributed by atoms with van der Waals surface area (Å²) in [5.74, 6) is 2.07. The standard InChI is InChI=1S/C31H29N5S/c1-2-20-35-28(25-14-12-24(13-15-25)23-9-5-3-6-10-23)22-37-31(35)32-27-18-16-26(17-19-27)30-34-33-29-11-7-4-8-21-36(29)30/h2-3,5-6,9-10,12-19,22H,1,4,7-8,11,20-21H2. The molecule has 0 saturated carbocycles. The zero-order chi connectivity index (χ0) is 25.0. The molecule has 3 aromatic carbocycles. The minimum atomic E-state index is 0.696. The van der Waals surface area contributed by atoms with Gasteiger partial charge in [-0.15, -0.1) is 28.1 Å². The molecule has 3 heterocycles. The first-order valence-corrected chi connectivity index (χ1v) is 13.7. The number of fused-ring (bicyclic) bond motifs is 1. The first-order valence-electron chi connectivity index (χ1n) is 12.8. The van der Waals surface area contributed by atoms with E-state index in [0.717, 1.165) is 46.4 Å². The number of benzene rings is 3. The fourth-order valence-electron chi connectivity index (χ4n) is 4.91. The summed E-state index contributed by atoms with van der Waals surface area (Å²) in [6, 6.07) is 27.5. The summed E-state index contributed by atoms with van der Waals surface area (Å²) < 4.78 is 4.51. The van der Waals surface area contributed by atoms with Gasteiger partial charge in [-0.1, -0.05) is 67.1 Å². The molecule has 0 radical (unpaired) electrons. The molecule has 0 bridgehead atoms. The van der Waals surface area contributed by atoms with Crippen LogP contribution in [0.3, 0.4) is 0 Å². The maximum Gasteiger partial charge on any atom is 0.190 e. The largest absolute Gasteiger partial charge is 0.313 e. The van der Waals surface area contributed by atoms with Gasteiger partial charge < -0.3 is 9.13 Å². The number of aryl methyl sites for hydroxylation is 1. The third-order valence-electron chi connectivity index (χ3n) is 6.86. The third kappa shape index (κ3) is 4.85. The first kappa shape index (κ1) is 23.4. The quantitative estimate of drug-likeness (QED) is 0.229. The second kappa shape index (κ2) is 10.5. The number of thiazole rings is 1. The van der Waals surface area contributed by atoms with Crippen LogP contribution in [0, 0.1) is 0 Å². The van der Waals surface area contributed by atoms with Gasteiger partial charge in [0.1, 0.15) is 5.82 Å². The van der Waals surface area contributed by atoms with Crippen molar-refractivity contribution in [2.45, 2.75) is 38.8 Å². The minimum absolute atomic E-state index is 0.696. The molecule has 0 N–H and O–H groups in total. The molecule has 5 nitrogen and oxygen atoms in total. The topological polar surface area (TPSA) is 48.0 Å². The van der Waals surface area contributed by atoms with Gasteiger partial charge in [-0.25, -0.2) is 4.99 Å². The summed E-state index contributed by atoms with van der Waals surface area (Å²) in [7, 11) is 0. The highest BCUT2D eigenvalue weighted by molar-refractivity contribution is 7.07. The summed E-state index contributed by atoms with van der Waals surface area (Å²) in [6.45, 7) is 5.67. The second-order valence-electron chi connectivity index (χ2n) is 9.31. The van der Waals surface area contributed by atoms with Gasteiger partial charge in [-0.05, 0) is 53.8 Å². The lowest BCUT2D eigenvalue weighted by Crippen LogP contribution is -2.14. The highest BCUT2D eigenvalue weighted by Gasteiger charge is 2.16. The van der Waals surface area contributed by atoms with Crippen molar-refractivity contribution in [1.82, 2.24) is 19.3 Å². The summed E-state index contributed by atoms with van der Waals surface area (Å²) in [4.78, 5) is 5.94. The van der Waals surface area contributed by atoms with Crippen LogP contribution >= 0.6 is 11.3 Å². The Balaban J connectivity index is 1.30. The van der Waals surface area contributed by atoms with Crippen LogP contribution < -0.4 is 4.80 Å². The molecule has 0 saturated heterocycles. The van der Waals surface area contributed by atoms with Crippen LogP contribution in [0.15, 0.2) is 102 Å². The van der Waals surface area contributed by atoms with Crippen molar-refractivity contribution >= 4 is 17.0 Å². The Morgan fingerprint density at radius 1 is 0.811 bits per heavy atom. The van der Waals surface area contributed by atoms with Crippen molar-refractivity contribution in [3.8, 4) is 33.8 Å². The van der Waals surface area contributed by atoms with Gasteiger partial charge in [-0.2, -0.15) is 0 Å². The number of aromatic nitrogens is 4. The van der Waals surface area contributed by atoms with Gasteiger partial charge >= 0.3 is 0 Å². The Hall–Kier alpha value is -4.03. The molecule has 1 aliphatic heterocycles. The van der Waals surface area contributed by atoms with Gasteiger partial charge in [0.2, 0.25) is 0 Å². The smallest absolute Gasteiger partial charge is 0.190 e. The summed E-state index contributed by atoms with van der Waals surface area (Å²) in [6.07, 6.45) is 6.57. The first-order chi connectivity index (χ1) is 18.3. The number of allylic oxidation sites excluding steroid dienone is 1. The van der Waals surface area contributed by atoms with Gasteiger partial charge in [0, 0.05) is 30.5 Å². The lowest BCUT2D eigenvalue weighted by molar-refractivity contribution is 0.636. The van der Waals surface area contributed by atoms with Crippen LogP contribution in [0.5, 0.6) is 0 Å². The zero-order valence-corrected chi connectivity index (χ0v) is 21.6. The fourth-order valence-corrected chi connectivity index (χ4v) is 5.85. The van der Waals surface area contributed by atoms with Crippen molar-refractivity contribution in [3.05, 3.63) is 108 Å². The monoisotopic (exact) mass is 503 g/mol. The lowest BCUT2D eigenvalue weighted by atomic mass is 10.0. The molecule has 0 amide bonds. The Kier molecular flexibility index (Phi) is 6.65. The van der Waals surface area contributed by atoms with Crippen LogP contribution in [0.4, 0.5) is 5.69 Å². The normalized spacial score (nSPS) is 13.8. The van der Waals surface area contributed by atoms with E-state index in [1.54, 1.807) is 11.3 Å². The van der Waals surface area contributed by atoms with E-state index in [0.29, 0.717) is 6.54 Å². The molecule has 0 fully saturated rings. The third-order valence-corrected chi connectivity index (χ3v) is 7.72. The maximum atomic E-state index is 4.99. The van der Waals surface area contributed by atoms with E-state index in [1.807, 2.05) is 12.1 Å². The predicted octanol–water partition coefficient (Wildman–Crippen LogP) is 7.29. The molecule has 2 aromatic heterocycles. The molecule has 5 aromatic rings. The average Bonchev–Trinajstić information content (AvgIpc) is 3.45. The minimum Gasteiger partial charge on any atom is -0.313 e. The number of nitrogens with zero attached hydrogens (tertiary/aromatic N) is 5. The van der Waals surface area contributed by atoms with E-state index in [1.165, 1.54) is 36.0 Å². The van der Waals surface area contributed by atoms with Crippen molar-refractivity contribution < 1.29 is 0 Å². The van der Waals surface area contributed by atoms with Crippen LogP contribution in [0.25, 0.3) is 33.8 Å². The van der Waals surface area contributed by atoms with Gasteiger partial charge in [0.25, 0.3) is 0 Å². The number of hydrogen-bond donors (Lipinski definition) is 0.